The van der Waals surface area contributed by atoms with E-state index in [0.29, 0.717) is 6.04 Å². The molecule has 1 fully saturated rings. The minimum Gasteiger partial charge on any atom is -0.380 e. The molecule has 0 aliphatic carbocycles. The first kappa shape index (κ1) is 10.4. The zero-order valence-corrected chi connectivity index (χ0v) is 8.66. The van der Waals surface area contributed by atoms with Gasteiger partial charge >= 0.3 is 0 Å². The standard InChI is InChI=1S/C9H19NOS/c1-12-7-3-6-11-8-9-4-2-5-10-9/h9-10H,2-8H2,1H3. The molecule has 72 valence electrons. The Morgan fingerprint density at radius 1 is 1.58 bits per heavy atom. The molecule has 2 nitrogen and oxygen atoms in total. The van der Waals surface area contributed by atoms with E-state index in [0.717, 1.165) is 13.2 Å². The number of hydrogen-bond acceptors (Lipinski definition) is 3. The topological polar surface area (TPSA) is 21.3 Å². The molecular formula is C9H19NOS. The van der Waals surface area contributed by atoms with Gasteiger partial charge in [0.05, 0.1) is 6.61 Å². The normalized spacial score (nSPS) is 23.2. The lowest BCUT2D eigenvalue weighted by molar-refractivity contribution is 0.117. The third-order valence-electron chi connectivity index (χ3n) is 2.12. The Kier molecular flexibility index (Phi) is 5.82. The molecule has 1 N–H and O–H groups in total. The molecular weight excluding hydrogens is 170 g/mol. The molecule has 0 aromatic carbocycles. The van der Waals surface area contributed by atoms with Gasteiger partial charge in [0.1, 0.15) is 0 Å². The highest BCUT2D eigenvalue weighted by Gasteiger charge is 2.12. The van der Waals surface area contributed by atoms with Gasteiger partial charge in [-0.05, 0) is 37.8 Å². The van der Waals surface area contributed by atoms with Crippen LogP contribution >= 0.6 is 11.8 Å². The number of nitrogens with one attached hydrogen (secondary N) is 1. The lowest BCUT2D eigenvalue weighted by Gasteiger charge is -2.09. The highest BCUT2D eigenvalue weighted by molar-refractivity contribution is 7.98. The monoisotopic (exact) mass is 189 g/mol. The van der Waals surface area contributed by atoms with Crippen LogP contribution in [-0.4, -0.2) is 37.8 Å². The fraction of sp³-hybridized carbons (Fsp3) is 1.00. The molecule has 1 atom stereocenters. The van der Waals surface area contributed by atoms with Crippen molar-refractivity contribution in [1.29, 1.82) is 0 Å². The summed E-state index contributed by atoms with van der Waals surface area (Å²) in [5.41, 5.74) is 0. The second kappa shape index (κ2) is 6.75. The van der Waals surface area contributed by atoms with Crippen molar-refractivity contribution in [3.05, 3.63) is 0 Å². The first-order chi connectivity index (χ1) is 5.93. The molecule has 0 amide bonds. The van der Waals surface area contributed by atoms with Crippen molar-refractivity contribution in [3.63, 3.8) is 0 Å². The van der Waals surface area contributed by atoms with Crippen molar-refractivity contribution >= 4 is 11.8 Å². The largest absolute Gasteiger partial charge is 0.380 e. The van der Waals surface area contributed by atoms with Gasteiger partial charge in [0.15, 0.2) is 0 Å². The van der Waals surface area contributed by atoms with Crippen LogP contribution < -0.4 is 5.32 Å². The number of ether oxygens (including phenoxy) is 1. The van der Waals surface area contributed by atoms with Gasteiger partial charge in [-0.2, -0.15) is 11.8 Å². The molecule has 1 saturated heterocycles. The van der Waals surface area contributed by atoms with Gasteiger partial charge < -0.3 is 10.1 Å². The summed E-state index contributed by atoms with van der Waals surface area (Å²) >= 11 is 1.89. The molecule has 0 aromatic rings. The maximum Gasteiger partial charge on any atom is 0.0619 e. The Labute approximate surface area is 79.4 Å². The third-order valence-corrected chi connectivity index (χ3v) is 2.82. The fourth-order valence-corrected chi connectivity index (χ4v) is 1.84. The molecule has 1 heterocycles. The highest BCUT2D eigenvalue weighted by atomic mass is 32.2. The lowest BCUT2D eigenvalue weighted by atomic mass is 10.2. The Balaban J connectivity index is 1.81. The number of hydrogen-bond donors (Lipinski definition) is 1. The molecule has 0 radical (unpaired) electrons. The first-order valence-electron chi connectivity index (χ1n) is 4.73. The van der Waals surface area contributed by atoms with E-state index in [-0.39, 0.29) is 0 Å². The van der Waals surface area contributed by atoms with Gasteiger partial charge in [-0.25, -0.2) is 0 Å². The zero-order chi connectivity index (χ0) is 8.65. The van der Waals surface area contributed by atoms with Gasteiger partial charge in [0.25, 0.3) is 0 Å². The number of thioether (sulfide) groups is 1. The van der Waals surface area contributed by atoms with Gasteiger partial charge in [0.2, 0.25) is 0 Å². The molecule has 0 bridgehead atoms. The Morgan fingerprint density at radius 2 is 2.50 bits per heavy atom. The van der Waals surface area contributed by atoms with Crippen LogP contribution in [0, 0.1) is 0 Å². The molecule has 0 spiro atoms. The second-order valence-corrected chi connectivity index (χ2v) is 4.20. The van der Waals surface area contributed by atoms with E-state index in [1.54, 1.807) is 0 Å². The summed E-state index contributed by atoms with van der Waals surface area (Å²) in [6, 6.07) is 0.638. The van der Waals surface area contributed by atoms with Crippen LogP contribution in [0.15, 0.2) is 0 Å². The van der Waals surface area contributed by atoms with Crippen LogP contribution in [0.25, 0.3) is 0 Å². The van der Waals surface area contributed by atoms with E-state index in [4.69, 9.17) is 4.74 Å². The van der Waals surface area contributed by atoms with E-state index in [1.807, 2.05) is 11.8 Å². The number of rotatable bonds is 6. The SMILES string of the molecule is CSCCCOCC1CCCN1. The maximum absolute atomic E-state index is 5.54. The quantitative estimate of drug-likeness (QED) is 0.640. The summed E-state index contributed by atoms with van der Waals surface area (Å²) < 4.78 is 5.54. The molecule has 3 heteroatoms. The Morgan fingerprint density at radius 3 is 3.17 bits per heavy atom. The molecule has 12 heavy (non-hydrogen) atoms. The van der Waals surface area contributed by atoms with Crippen LogP contribution in [-0.2, 0) is 4.74 Å². The molecule has 1 aliphatic rings. The van der Waals surface area contributed by atoms with E-state index in [1.165, 1.54) is 31.6 Å². The van der Waals surface area contributed by atoms with E-state index in [9.17, 15) is 0 Å². The maximum atomic E-state index is 5.54. The van der Waals surface area contributed by atoms with Crippen LogP contribution in [0.4, 0.5) is 0 Å². The third kappa shape index (κ3) is 4.33. The fourth-order valence-electron chi connectivity index (χ4n) is 1.43. The predicted octanol–water partition coefficient (Wildman–Crippen LogP) is 1.51. The van der Waals surface area contributed by atoms with Crippen LogP contribution in [0.5, 0.6) is 0 Å². The predicted molar refractivity (Wildman–Crippen MR) is 54.8 cm³/mol. The van der Waals surface area contributed by atoms with Gasteiger partial charge in [-0.3, -0.25) is 0 Å². The smallest absolute Gasteiger partial charge is 0.0619 e. The molecule has 0 aromatic heterocycles. The minimum absolute atomic E-state index is 0.638. The highest BCUT2D eigenvalue weighted by Crippen LogP contribution is 2.05. The summed E-state index contributed by atoms with van der Waals surface area (Å²) in [6.45, 7) is 3.02. The van der Waals surface area contributed by atoms with Crippen molar-refractivity contribution in [2.75, 3.05) is 31.8 Å². The summed E-state index contributed by atoms with van der Waals surface area (Å²) in [6.07, 6.45) is 5.94. The van der Waals surface area contributed by atoms with Gasteiger partial charge in [0, 0.05) is 12.6 Å². The Bertz CT molecular complexity index is 105. The van der Waals surface area contributed by atoms with Gasteiger partial charge in [-0.1, -0.05) is 0 Å². The van der Waals surface area contributed by atoms with Crippen molar-refractivity contribution in [2.24, 2.45) is 0 Å². The van der Waals surface area contributed by atoms with Crippen molar-refractivity contribution < 1.29 is 4.74 Å². The van der Waals surface area contributed by atoms with Crippen LogP contribution in [0.1, 0.15) is 19.3 Å². The van der Waals surface area contributed by atoms with E-state index in [2.05, 4.69) is 11.6 Å². The summed E-state index contributed by atoms with van der Waals surface area (Å²) in [5.74, 6) is 1.22. The molecule has 1 aliphatic heterocycles. The average Bonchev–Trinajstić information content (AvgIpc) is 2.57. The van der Waals surface area contributed by atoms with Crippen LogP contribution in [0.2, 0.25) is 0 Å². The van der Waals surface area contributed by atoms with Crippen molar-refractivity contribution in [2.45, 2.75) is 25.3 Å². The van der Waals surface area contributed by atoms with Crippen molar-refractivity contribution in [1.82, 2.24) is 5.32 Å². The summed E-state index contributed by atoms with van der Waals surface area (Å²) in [4.78, 5) is 0. The van der Waals surface area contributed by atoms with E-state index < -0.39 is 0 Å². The summed E-state index contributed by atoms with van der Waals surface area (Å²) in [7, 11) is 0. The minimum atomic E-state index is 0.638. The molecule has 1 rings (SSSR count). The van der Waals surface area contributed by atoms with Crippen molar-refractivity contribution in [3.8, 4) is 0 Å². The van der Waals surface area contributed by atoms with Gasteiger partial charge in [-0.15, -0.1) is 0 Å². The lowest BCUT2D eigenvalue weighted by Crippen LogP contribution is -2.26. The first-order valence-corrected chi connectivity index (χ1v) is 6.13. The summed E-state index contributed by atoms with van der Waals surface area (Å²) in [5, 5.41) is 3.42. The van der Waals surface area contributed by atoms with Crippen LogP contribution in [0.3, 0.4) is 0 Å². The molecule has 1 unspecified atom stereocenters. The zero-order valence-electron chi connectivity index (χ0n) is 7.84. The molecule has 0 saturated carbocycles. The van der Waals surface area contributed by atoms with E-state index >= 15 is 0 Å². The Hall–Kier alpha value is 0.270. The average molecular weight is 189 g/mol. The second-order valence-electron chi connectivity index (χ2n) is 3.21.